The molecule has 1 aromatic carbocycles. The van der Waals surface area contributed by atoms with Crippen LogP contribution in [0.5, 0.6) is 0 Å². The van der Waals surface area contributed by atoms with E-state index in [-0.39, 0.29) is 11.3 Å². The van der Waals surface area contributed by atoms with Crippen molar-refractivity contribution in [2.75, 3.05) is 5.73 Å². The molecule has 0 fully saturated rings. The Morgan fingerprint density at radius 1 is 1.37 bits per heavy atom. The predicted molar refractivity (Wildman–Crippen MR) is 74.1 cm³/mol. The molecule has 3 nitrogen and oxygen atoms in total. The summed E-state index contributed by atoms with van der Waals surface area (Å²) in [5.41, 5.74) is 7.81. The van der Waals surface area contributed by atoms with Gasteiger partial charge >= 0.3 is 0 Å². The molecule has 2 rings (SSSR count). The zero-order chi connectivity index (χ0) is 14.0. The number of rotatable bonds is 3. The van der Waals surface area contributed by atoms with Crippen molar-refractivity contribution in [1.82, 2.24) is 4.98 Å². The Balaban J connectivity index is 2.60. The summed E-state index contributed by atoms with van der Waals surface area (Å²) in [4.78, 5) is 15.6. The first-order valence-electron chi connectivity index (χ1n) is 5.72. The number of pyridine rings is 1. The van der Waals surface area contributed by atoms with Crippen molar-refractivity contribution >= 4 is 17.5 Å². The first-order valence-corrected chi connectivity index (χ1v) is 5.72. The zero-order valence-corrected chi connectivity index (χ0v) is 10.5. The normalized spacial score (nSPS) is 10.2. The number of Topliss-reactive ketones (excluding diaryl/α,β-unsaturated/α-hetero) is 1. The molecule has 0 radical (unpaired) electrons. The number of hydrogen-bond acceptors (Lipinski definition) is 3. The fraction of sp³-hybridized carbons (Fsp3) is 0.0667. The molecule has 4 heteroatoms. The molecule has 1 heterocycles. The molecule has 0 atom stereocenters. The van der Waals surface area contributed by atoms with Gasteiger partial charge in [-0.05, 0) is 43.3 Å². The topological polar surface area (TPSA) is 56.0 Å². The van der Waals surface area contributed by atoms with Crippen LogP contribution in [0.1, 0.15) is 23.0 Å². The van der Waals surface area contributed by atoms with E-state index >= 15 is 0 Å². The monoisotopic (exact) mass is 256 g/mol. The molecule has 0 unspecified atom stereocenters. The molecule has 2 aromatic rings. The smallest absolute Gasteiger partial charge is 0.159 e. The lowest BCUT2D eigenvalue weighted by Gasteiger charge is -2.07. The molecule has 0 aliphatic heterocycles. The van der Waals surface area contributed by atoms with Crippen LogP contribution in [0.25, 0.3) is 17.3 Å². The van der Waals surface area contributed by atoms with Crippen molar-refractivity contribution in [3.8, 4) is 11.3 Å². The summed E-state index contributed by atoms with van der Waals surface area (Å²) < 4.78 is 13.8. The molecule has 0 spiro atoms. The van der Waals surface area contributed by atoms with Crippen LogP contribution in [0.15, 0.2) is 36.9 Å². The third-order valence-electron chi connectivity index (χ3n) is 2.80. The Kier molecular flexibility index (Phi) is 3.42. The number of carbonyl (C=O) groups excluding carboxylic acids is 1. The van der Waals surface area contributed by atoms with Crippen LogP contribution in [-0.4, -0.2) is 10.8 Å². The number of aromatic nitrogens is 1. The molecule has 0 bridgehead atoms. The van der Waals surface area contributed by atoms with E-state index in [4.69, 9.17) is 5.73 Å². The second-order valence-corrected chi connectivity index (χ2v) is 4.13. The maximum absolute atomic E-state index is 13.8. The van der Waals surface area contributed by atoms with Gasteiger partial charge in [-0.3, -0.25) is 4.79 Å². The number of nitrogens with two attached hydrogens (primary N) is 1. The summed E-state index contributed by atoms with van der Waals surface area (Å²) in [7, 11) is 0. The Hall–Kier alpha value is -2.49. The molecular formula is C15H13FN2O. The van der Waals surface area contributed by atoms with E-state index in [1.54, 1.807) is 12.1 Å². The van der Waals surface area contributed by atoms with Crippen molar-refractivity contribution in [2.45, 2.75) is 6.92 Å². The molecule has 0 aliphatic rings. The molecule has 96 valence electrons. The van der Waals surface area contributed by atoms with Crippen LogP contribution in [-0.2, 0) is 0 Å². The number of halogens is 1. The van der Waals surface area contributed by atoms with Gasteiger partial charge < -0.3 is 5.73 Å². The Labute approximate surface area is 110 Å². The van der Waals surface area contributed by atoms with Crippen LogP contribution in [0.2, 0.25) is 0 Å². The minimum atomic E-state index is -0.433. The van der Waals surface area contributed by atoms with E-state index in [0.29, 0.717) is 22.6 Å². The van der Waals surface area contributed by atoms with Crippen LogP contribution in [0.4, 0.5) is 10.1 Å². The van der Waals surface area contributed by atoms with Crippen LogP contribution in [0.3, 0.4) is 0 Å². The van der Waals surface area contributed by atoms with E-state index in [9.17, 15) is 9.18 Å². The van der Waals surface area contributed by atoms with Crippen LogP contribution in [0, 0.1) is 5.82 Å². The Morgan fingerprint density at radius 3 is 2.74 bits per heavy atom. The average Bonchev–Trinajstić information content (AvgIpc) is 2.40. The lowest BCUT2D eigenvalue weighted by atomic mass is 10.0. The first-order chi connectivity index (χ1) is 9.02. The van der Waals surface area contributed by atoms with E-state index in [1.165, 1.54) is 31.2 Å². The first kappa shape index (κ1) is 13.0. The molecule has 19 heavy (non-hydrogen) atoms. The minimum Gasteiger partial charge on any atom is -0.397 e. The SMILES string of the molecule is C=Cc1nc(-c2cc(C(C)=O)ccc2F)ccc1N. The van der Waals surface area contributed by atoms with Crippen molar-refractivity contribution in [3.63, 3.8) is 0 Å². The Morgan fingerprint density at radius 2 is 2.11 bits per heavy atom. The molecule has 1 aromatic heterocycles. The molecule has 0 aliphatic carbocycles. The highest BCUT2D eigenvalue weighted by atomic mass is 19.1. The van der Waals surface area contributed by atoms with E-state index < -0.39 is 5.82 Å². The highest BCUT2D eigenvalue weighted by Gasteiger charge is 2.11. The van der Waals surface area contributed by atoms with Gasteiger partial charge in [0.25, 0.3) is 0 Å². The summed E-state index contributed by atoms with van der Waals surface area (Å²) in [5.74, 6) is -0.557. The van der Waals surface area contributed by atoms with Gasteiger partial charge in [-0.25, -0.2) is 9.37 Å². The standard InChI is InChI=1S/C15H13FN2O/c1-3-14-13(17)6-7-15(18-14)11-8-10(9(2)19)4-5-12(11)16/h3-8H,1,17H2,2H3. The van der Waals surface area contributed by atoms with E-state index in [2.05, 4.69) is 11.6 Å². The zero-order valence-electron chi connectivity index (χ0n) is 10.5. The maximum Gasteiger partial charge on any atom is 0.159 e. The third kappa shape index (κ3) is 2.52. The number of anilines is 1. The summed E-state index contributed by atoms with van der Waals surface area (Å²) in [6, 6.07) is 7.46. The largest absolute Gasteiger partial charge is 0.397 e. The minimum absolute atomic E-state index is 0.124. The quantitative estimate of drug-likeness (QED) is 0.857. The number of nitrogen functional groups attached to an aromatic ring is 1. The fourth-order valence-corrected chi connectivity index (χ4v) is 1.74. The lowest BCUT2D eigenvalue weighted by molar-refractivity contribution is 0.101. The van der Waals surface area contributed by atoms with Crippen molar-refractivity contribution in [2.24, 2.45) is 0 Å². The maximum atomic E-state index is 13.8. The number of hydrogen-bond donors (Lipinski definition) is 1. The van der Waals surface area contributed by atoms with Crippen molar-refractivity contribution in [3.05, 3.63) is 54.0 Å². The molecular weight excluding hydrogens is 243 g/mol. The number of ketones is 1. The summed E-state index contributed by atoms with van der Waals surface area (Å²) in [6.45, 7) is 5.04. The Bertz CT molecular complexity index is 665. The van der Waals surface area contributed by atoms with Crippen molar-refractivity contribution in [1.29, 1.82) is 0 Å². The summed E-state index contributed by atoms with van der Waals surface area (Å²) >= 11 is 0. The molecule has 2 N–H and O–H groups in total. The fourth-order valence-electron chi connectivity index (χ4n) is 1.74. The van der Waals surface area contributed by atoms with Crippen LogP contribution < -0.4 is 5.73 Å². The summed E-state index contributed by atoms with van der Waals surface area (Å²) in [6.07, 6.45) is 1.51. The van der Waals surface area contributed by atoms with Gasteiger partial charge in [-0.15, -0.1) is 0 Å². The van der Waals surface area contributed by atoms with Gasteiger partial charge in [0.05, 0.1) is 17.1 Å². The average molecular weight is 256 g/mol. The predicted octanol–water partition coefficient (Wildman–Crippen LogP) is 3.32. The summed E-state index contributed by atoms with van der Waals surface area (Å²) in [5, 5.41) is 0. The second-order valence-electron chi connectivity index (χ2n) is 4.13. The number of benzene rings is 1. The van der Waals surface area contributed by atoms with Gasteiger partial charge in [-0.2, -0.15) is 0 Å². The van der Waals surface area contributed by atoms with Crippen molar-refractivity contribution < 1.29 is 9.18 Å². The molecule has 0 saturated heterocycles. The van der Waals surface area contributed by atoms with Crippen LogP contribution >= 0.6 is 0 Å². The van der Waals surface area contributed by atoms with Gasteiger partial charge in [0.2, 0.25) is 0 Å². The van der Waals surface area contributed by atoms with Gasteiger partial charge in [0.15, 0.2) is 5.78 Å². The van der Waals surface area contributed by atoms with E-state index in [1.807, 2.05) is 0 Å². The molecule has 0 saturated carbocycles. The van der Waals surface area contributed by atoms with Gasteiger partial charge in [0, 0.05) is 11.1 Å². The second kappa shape index (κ2) is 5.02. The molecule has 0 amide bonds. The third-order valence-corrected chi connectivity index (χ3v) is 2.80. The number of carbonyl (C=O) groups is 1. The van der Waals surface area contributed by atoms with Gasteiger partial charge in [0.1, 0.15) is 5.82 Å². The lowest BCUT2D eigenvalue weighted by Crippen LogP contribution is -1.98. The van der Waals surface area contributed by atoms with E-state index in [0.717, 1.165) is 0 Å². The van der Waals surface area contributed by atoms with Gasteiger partial charge in [-0.1, -0.05) is 6.58 Å². The highest BCUT2D eigenvalue weighted by molar-refractivity contribution is 5.95. The number of nitrogens with zero attached hydrogens (tertiary/aromatic N) is 1. The highest BCUT2D eigenvalue weighted by Crippen LogP contribution is 2.25.